The first-order valence-electron chi connectivity index (χ1n) is 7.14. The molecule has 0 aliphatic rings. The number of amides is 1. The maximum Gasteiger partial charge on any atom is 0.271 e. The highest BCUT2D eigenvalue weighted by Crippen LogP contribution is 2.33. The fraction of sp³-hybridized carbons (Fsp3) is 0.176. The average molecular weight is 503 g/mol. The summed E-state index contributed by atoms with van der Waals surface area (Å²) in [7, 11) is 1.60. The molecule has 0 saturated heterocycles. The van der Waals surface area contributed by atoms with Gasteiger partial charge in [-0.1, -0.05) is 22.0 Å². The van der Waals surface area contributed by atoms with Gasteiger partial charge in [-0.05, 0) is 65.4 Å². The van der Waals surface area contributed by atoms with Crippen LogP contribution in [-0.4, -0.2) is 25.8 Å². The minimum atomic E-state index is -0.277. The summed E-state index contributed by atoms with van der Waals surface area (Å²) in [5.74, 6) is 1.06. The van der Waals surface area contributed by atoms with Gasteiger partial charge in [0.1, 0.15) is 0 Å². The summed E-state index contributed by atoms with van der Waals surface area (Å²) in [5, 5.41) is 4.01. The highest BCUT2D eigenvalue weighted by molar-refractivity contribution is 14.1. The lowest BCUT2D eigenvalue weighted by atomic mass is 10.2. The van der Waals surface area contributed by atoms with Gasteiger partial charge in [0.15, 0.2) is 11.5 Å². The van der Waals surface area contributed by atoms with Gasteiger partial charge in [-0.2, -0.15) is 5.10 Å². The fourth-order valence-corrected chi connectivity index (χ4v) is 3.23. The summed E-state index contributed by atoms with van der Waals surface area (Å²) < 4.78 is 12.7. The molecule has 7 heteroatoms. The highest BCUT2D eigenvalue weighted by atomic mass is 127. The predicted molar refractivity (Wildman–Crippen MR) is 106 cm³/mol. The lowest BCUT2D eigenvalue weighted by Crippen LogP contribution is -2.17. The number of hydrogen-bond acceptors (Lipinski definition) is 4. The summed E-state index contributed by atoms with van der Waals surface area (Å²) in [6.45, 7) is 2.44. The SMILES string of the molecule is CCOc1cc(/C=N\NC(=O)c2cccc(Br)c2)cc(I)c1OC. The van der Waals surface area contributed by atoms with Crippen molar-refractivity contribution >= 4 is 50.6 Å². The van der Waals surface area contributed by atoms with Crippen molar-refractivity contribution in [2.45, 2.75) is 6.92 Å². The van der Waals surface area contributed by atoms with Crippen molar-refractivity contribution in [2.24, 2.45) is 5.10 Å². The Morgan fingerprint density at radius 3 is 2.83 bits per heavy atom. The van der Waals surface area contributed by atoms with E-state index >= 15 is 0 Å². The van der Waals surface area contributed by atoms with Gasteiger partial charge >= 0.3 is 0 Å². The molecular weight excluding hydrogens is 487 g/mol. The number of rotatable bonds is 6. The quantitative estimate of drug-likeness (QED) is 0.365. The van der Waals surface area contributed by atoms with E-state index in [2.05, 4.69) is 49.0 Å². The van der Waals surface area contributed by atoms with Crippen LogP contribution in [0.4, 0.5) is 0 Å². The Kier molecular flexibility index (Phi) is 7.04. The van der Waals surface area contributed by atoms with E-state index in [1.807, 2.05) is 25.1 Å². The van der Waals surface area contributed by atoms with E-state index in [0.29, 0.717) is 23.7 Å². The van der Waals surface area contributed by atoms with Gasteiger partial charge in [0, 0.05) is 10.0 Å². The molecule has 126 valence electrons. The van der Waals surface area contributed by atoms with Gasteiger partial charge in [-0.25, -0.2) is 5.43 Å². The van der Waals surface area contributed by atoms with Crippen LogP contribution in [0.25, 0.3) is 0 Å². The summed E-state index contributed by atoms with van der Waals surface area (Å²) in [6.07, 6.45) is 1.57. The third kappa shape index (κ3) is 4.94. The Balaban J connectivity index is 2.12. The van der Waals surface area contributed by atoms with E-state index < -0.39 is 0 Å². The molecule has 0 unspecified atom stereocenters. The first kappa shape index (κ1) is 18.7. The zero-order valence-corrected chi connectivity index (χ0v) is 16.9. The van der Waals surface area contributed by atoms with Crippen LogP contribution in [0.1, 0.15) is 22.8 Å². The molecule has 1 amide bonds. The van der Waals surface area contributed by atoms with Gasteiger partial charge in [0.05, 0.1) is 23.5 Å². The van der Waals surface area contributed by atoms with E-state index in [1.165, 1.54) is 0 Å². The van der Waals surface area contributed by atoms with E-state index in [-0.39, 0.29) is 5.91 Å². The lowest BCUT2D eigenvalue weighted by molar-refractivity contribution is 0.0955. The molecule has 2 aromatic carbocycles. The number of methoxy groups -OCH3 is 1. The fourth-order valence-electron chi connectivity index (χ4n) is 1.98. The molecule has 0 radical (unpaired) electrons. The number of benzene rings is 2. The molecule has 0 fully saturated rings. The van der Waals surface area contributed by atoms with Crippen molar-refractivity contribution in [3.63, 3.8) is 0 Å². The zero-order valence-electron chi connectivity index (χ0n) is 13.2. The van der Waals surface area contributed by atoms with Crippen LogP contribution in [0.2, 0.25) is 0 Å². The lowest BCUT2D eigenvalue weighted by Gasteiger charge is -2.11. The van der Waals surface area contributed by atoms with Crippen molar-refractivity contribution in [1.82, 2.24) is 5.43 Å². The molecule has 0 bridgehead atoms. The topological polar surface area (TPSA) is 59.9 Å². The standard InChI is InChI=1S/C17H16BrIN2O3/c1-3-24-15-8-11(7-14(19)16(15)23-2)10-20-21-17(22)12-5-4-6-13(18)9-12/h4-10H,3H2,1-2H3,(H,21,22)/b20-10-. The average Bonchev–Trinajstić information content (AvgIpc) is 2.55. The van der Waals surface area contributed by atoms with E-state index in [0.717, 1.165) is 13.6 Å². The molecule has 0 spiro atoms. The Morgan fingerprint density at radius 1 is 1.38 bits per heavy atom. The number of hydrogen-bond donors (Lipinski definition) is 1. The number of nitrogens with zero attached hydrogens (tertiary/aromatic N) is 1. The first-order chi connectivity index (χ1) is 11.5. The van der Waals surface area contributed by atoms with Crippen LogP contribution < -0.4 is 14.9 Å². The van der Waals surface area contributed by atoms with Crippen molar-refractivity contribution in [1.29, 1.82) is 0 Å². The van der Waals surface area contributed by atoms with Gasteiger partial charge in [-0.3, -0.25) is 4.79 Å². The first-order valence-corrected chi connectivity index (χ1v) is 9.01. The number of carbonyl (C=O) groups is 1. The Bertz CT molecular complexity index is 765. The molecule has 0 saturated carbocycles. The second-order valence-corrected chi connectivity index (χ2v) is 6.75. The Hall–Kier alpha value is -1.61. The minimum absolute atomic E-state index is 0.277. The van der Waals surface area contributed by atoms with E-state index in [4.69, 9.17) is 9.47 Å². The third-order valence-electron chi connectivity index (χ3n) is 3.00. The van der Waals surface area contributed by atoms with Gasteiger partial charge in [-0.15, -0.1) is 0 Å². The largest absolute Gasteiger partial charge is 0.492 e. The minimum Gasteiger partial charge on any atom is -0.492 e. The van der Waals surface area contributed by atoms with Crippen LogP contribution in [0, 0.1) is 3.57 Å². The van der Waals surface area contributed by atoms with Crippen molar-refractivity contribution in [3.8, 4) is 11.5 Å². The van der Waals surface area contributed by atoms with E-state index in [9.17, 15) is 4.79 Å². The van der Waals surface area contributed by atoms with Crippen LogP contribution in [0.15, 0.2) is 46.0 Å². The highest BCUT2D eigenvalue weighted by Gasteiger charge is 2.10. The molecule has 0 aliphatic carbocycles. The number of hydrazone groups is 1. The van der Waals surface area contributed by atoms with Crippen molar-refractivity contribution in [2.75, 3.05) is 13.7 Å². The summed E-state index contributed by atoms with van der Waals surface area (Å²) in [6, 6.07) is 10.8. The Morgan fingerprint density at radius 2 is 2.17 bits per heavy atom. The van der Waals surface area contributed by atoms with Gasteiger partial charge in [0.25, 0.3) is 5.91 Å². The summed E-state index contributed by atoms with van der Waals surface area (Å²) >= 11 is 5.50. The Labute approximate surface area is 162 Å². The second-order valence-electron chi connectivity index (χ2n) is 4.68. The summed E-state index contributed by atoms with van der Waals surface area (Å²) in [4.78, 5) is 12.0. The number of ether oxygens (including phenoxy) is 2. The maximum atomic E-state index is 12.0. The van der Waals surface area contributed by atoms with Crippen LogP contribution in [0.3, 0.4) is 0 Å². The molecule has 24 heavy (non-hydrogen) atoms. The van der Waals surface area contributed by atoms with Crippen LogP contribution >= 0.6 is 38.5 Å². The molecule has 5 nitrogen and oxygen atoms in total. The molecule has 2 aromatic rings. The molecule has 0 heterocycles. The molecule has 0 atom stereocenters. The number of carbonyl (C=O) groups excluding carboxylic acids is 1. The molecular formula is C17H16BrIN2O3. The van der Waals surface area contributed by atoms with Crippen molar-refractivity contribution in [3.05, 3.63) is 55.6 Å². The maximum absolute atomic E-state index is 12.0. The van der Waals surface area contributed by atoms with Crippen molar-refractivity contribution < 1.29 is 14.3 Å². The predicted octanol–water partition coefficient (Wildman–Crippen LogP) is 4.22. The normalized spacial score (nSPS) is 10.7. The van der Waals surface area contributed by atoms with E-state index in [1.54, 1.807) is 31.5 Å². The monoisotopic (exact) mass is 502 g/mol. The smallest absolute Gasteiger partial charge is 0.271 e. The molecule has 0 aromatic heterocycles. The number of halogens is 2. The van der Waals surface area contributed by atoms with Gasteiger partial charge < -0.3 is 9.47 Å². The van der Waals surface area contributed by atoms with Crippen LogP contribution in [0.5, 0.6) is 11.5 Å². The number of nitrogens with one attached hydrogen (secondary N) is 1. The second kappa shape index (κ2) is 9.03. The molecule has 2 rings (SSSR count). The van der Waals surface area contributed by atoms with Crippen LogP contribution in [-0.2, 0) is 0 Å². The molecule has 1 N–H and O–H groups in total. The summed E-state index contributed by atoms with van der Waals surface area (Å²) in [5.41, 5.74) is 3.84. The van der Waals surface area contributed by atoms with Gasteiger partial charge in [0.2, 0.25) is 0 Å². The zero-order chi connectivity index (χ0) is 17.5. The molecule has 0 aliphatic heterocycles. The third-order valence-corrected chi connectivity index (χ3v) is 4.30.